The summed E-state index contributed by atoms with van der Waals surface area (Å²) in [5, 5.41) is 2.00. The number of hydrogen-bond acceptors (Lipinski definition) is 3. The molecule has 4 nitrogen and oxygen atoms in total. The standard InChI is InChI=1S/C21H20N2O2/c1-3-23(4-2)16-10-9-15-11-17(21(24)25-20(15)13-16)19-12-14-7-5-6-8-18(14)22-19/h5-13,22H,3-4H2,1-2H3. The fourth-order valence-electron chi connectivity index (χ4n) is 3.29. The number of nitrogens with one attached hydrogen (secondary N) is 1. The van der Waals surface area contributed by atoms with E-state index in [2.05, 4.69) is 29.8 Å². The lowest BCUT2D eigenvalue weighted by molar-refractivity contribution is 0.563. The highest BCUT2D eigenvalue weighted by molar-refractivity contribution is 5.88. The van der Waals surface area contributed by atoms with Crippen LogP contribution in [0.5, 0.6) is 0 Å². The Labute approximate surface area is 145 Å². The summed E-state index contributed by atoms with van der Waals surface area (Å²) < 4.78 is 5.62. The molecule has 0 aliphatic heterocycles. The molecule has 2 aromatic heterocycles. The van der Waals surface area contributed by atoms with Gasteiger partial charge in [0.05, 0.1) is 11.3 Å². The van der Waals surface area contributed by atoms with Crippen LogP contribution in [0.15, 0.2) is 63.8 Å². The van der Waals surface area contributed by atoms with Crippen molar-refractivity contribution in [1.82, 2.24) is 4.98 Å². The predicted molar refractivity (Wildman–Crippen MR) is 103 cm³/mol. The van der Waals surface area contributed by atoms with Crippen LogP contribution in [0.2, 0.25) is 0 Å². The normalized spacial score (nSPS) is 11.3. The number of aromatic nitrogens is 1. The summed E-state index contributed by atoms with van der Waals surface area (Å²) in [6.07, 6.45) is 0. The second-order valence-electron chi connectivity index (χ2n) is 6.11. The van der Waals surface area contributed by atoms with E-state index in [1.54, 1.807) is 0 Å². The van der Waals surface area contributed by atoms with Gasteiger partial charge in [-0.2, -0.15) is 0 Å². The SMILES string of the molecule is CCN(CC)c1ccc2cc(-c3cc4ccccc4[nH]3)c(=O)oc2c1. The molecule has 0 bridgehead atoms. The lowest BCUT2D eigenvalue weighted by Gasteiger charge is -2.20. The van der Waals surface area contributed by atoms with Crippen LogP contribution in [0.1, 0.15) is 13.8 Å². The quantitative estimate of drug-likeness (QED) is 0.547. The van der Waals surface area contributed by atoms with Crippen molar-refractivity contribution in [3.05, 3.63) is 65.0 Å². The predicted octanol–water partition coefficient (Wildman–Crippen LogP) is 4.79. The minimum atomic E-state index is -0.323. The second-order valence-corrected chi connectivity index (χ2v) is 6.11. The van der Waals surface area contributed by atoms with Crippen molar-refractivity contribution in [2.75, 3.05) is 18.0 Å². The number of H-pyrrole nitrogens is 1. The van der Waals surface area contributed by atoms with Gasteiger partial charge in [-0.1, -0.05) is 18.2 Å². The van der Waals surface area contributed by atoms with E-state index in [4.69, 9.17) is 4.42 Å². The number of rotatable bonds is 4. The maximum absolute atomic E-state index is 12.5. The zero-order valence-corrected chi connectivity index (χ0v) is 14.4. The largest absolute Gasteiger partial charge is 0.422 e. The van der Waals surface area contributed by atoms with E-state index >= 15 is 0 Å². The lowest BCUT2D eigenvalue weighted by atomic mass is 10.1. The minimum Gasteiger partial charge on any atom is -0.422 e. The lowest BCUT2D eigenvalue weighted by Crippen LogP contribution is -2.21. The third-order valence-electron chi connectivity index (χ3n) is 4.67. The van der Waals surface area contributed by atoms with Gasteiger partial charge in [-0.05, 0) is 44.2 Å². The maximum Gasteiger partial charge on any atom is 0.345 e. The molecule has 2 aromatic carbocycles. The zero-order chi connectivity index (χ0) is 17.4. The van der Waals surface area contributed by atoms with Crippen LogP contribution in [0.3, 0.4) is 0 Å². The topological polar surface area (TPSA) is 49.2 Å². The highest BCUT2D eigenvalue weighted by Crippen LogP contribution is 2.26. The smallest absolute Gasteiger partial charge is 0.345 e. The molecule has 0 radical (unpaired) electrons. The summed E-state index contributed by atoms with van der Waals surface area (Å²) in [7, 11) is 0. The molecule has 25 heavy (non-hydrogen) atoms. The van der Waals surface area contributed by atoms with Gasteiger partial charge in [0.15, 0.2) is 0 Å². The Kier molecular flexibility index (Phi) is 3.80. The first kappa shape index (κ1) is 15.5. The molecule has 0 spiro atoms. The van der Waals surface area contributed by atoms with E-state index in [0.29, 0.717) is 11.1 Å². The van der Waals surface area contributed by atoms with Gasteiger partial charge >= 0.3 is 5.63 Å². The van der Waals surface area contributed by atoms with E-state index in [0.717, 1.165) is 40.8 Å². The average molecular weight is 332 g/mol. The summed E-state index contributed by atoms with van der Waals surface area (Å²) in [5.74, 6) is 0. The van der Waals surface area contributed by atoms with Crippen molar-refractivity contribution in [2.24, 2.45) is 0 Å². The van der Waals surface area contributed by atoms with Crippen molar-refractivity contribution >= 4 is 27.6 Å². The third kappa shape index (κ3) is 2.70. The minimum absolute atomic E-state index is 0.323. The molecule has 2 heterocycles. The fraction of sp³-hybridized carbons (Fsp3) is 0.190. The van der Waals surface area contributed by atoms with Crippen LogP contribution in [0, 0.1) is 0 Å². The molecule has 1 N–H and O–H groups in total. The van der Waals surface area contributed by atoms with Gasteiger partial charge in [0.1, 0.15) is 5.58 Å². The highest BCUT2D eigenvalue weighted by atomic mass is 16.4. The van der Waals surface area contributed by atoms with Gasteiger partial charge in [-0.15, -0.1) is 0 Å². The molecule has 0 saturated carbocycles. The molecule has 4 heteroatoms. The van der Waals surface area contributed by atoms with Gasteiger partial charge in [0.25, 0.3) is 0 Å². The molecule has 0 atom stereocenters. The molecular weight excluding hydrogens is 312 g/mol. The molecule has 4 rings (SSSR count). The molecular formula is C21H20N2O2. The van der Waals surface area contributed by atoms with E-state index in [1.165, 1.54) is 0 Å². The molecule has 0 saturated heterocycles. The summed E-state index contributed by atoms with van der Waals surface area (Å²) in [5.41, 5.74) is 3.71. The summed E-state index contributed by atoms with van der Waals surface area (Å²) in [6.45, 7) is 6.06. The molecule has 0 unspecified atom stereocenters. The highest BCUT2D eigenvalue weighted by Gasteiger charge is 2.12. The van der Waals surface area contributed by atoms with Crippen LogP contribution in [-0.4, -0.2) is 18.1 Å². The summed E-state index contributed by atoms with van der Waals surface area (Å²) >= 11 is 0. The van der Waals surface area contributed by atoms with Crippen molar-refractivity contribution in [3.8, 4) is 11.3 Å². The van der Waals surface area contributed by atoms with Crippen LogP contribution >= 0.6 is 0 Å². The number of benzene rings is 2. The van der Waals surface area contributed by atoms with Crippen LogP contribution in [0.25, 0.3) is 33.1 Å². The summed E-state index contributed by atoms with van der Waals surface area (Å²) in [6, 6.07) is 17.9. The van der Waals surface area contributed by atoms with Gasteiger partial charge in [0, 0.05) is 41.1 Å². The van der Waals surface area contributed by atoms with E-state index in [-0.39, 0.29) is 5.63 Å². The Morgan fingerprint density at radius 1 is 0.960 bits per heavy atom. The monoisotopic (exact) mass is 332 g/mol. The zero-order valence-electron chi connectivity index (χ0n) is 14.4. The van der Waals surface area contributed by atoms with Gasteiger partial charge in [0.2, 0.25) is 0 Å². The van der Waals surface area contributed by atoms with E-state index in [1.807, 2.05) is 48.5 Å². The molecule has 0 amide bonds. The molecule has 4 aromatic rings. The molecule has 0 aliphatic rings. The Balaban J connectivity index is 1.84. The Morgan fingerprint density at radius 3 is 2.52 bits per heavy atom. The van der Waals surface area contributed by atoms with Crippen molar-refractivity contribution < 1.29 is 4.42 Å². The van der Waals surface area contributed by atoms with Crippen LogP contribution in [-0.2, 0) is 0 Å². The number of nitrogens with zero attached hydrogens (tertiary/aromatic N) is 1. The summed E-state index contributed by atoms with van der Waals surface area (Å²) in [4.78, 5) is 18.1. The number of hydrogen-bond donors (Lipinski definition) is 1. The first-order valence-electron chi connectivity index (χ1n) is 8.60. The maximum atomic E-state index is 12.5. The molecule has 0 aliphatic carbocycles. The number of fused-ring (bicyclic) bond motifs is 2. The average Bonchev–Trinajstić information content (AvgIpc) is 3.06. The van der Waals surface area contributed by atoms with Crippen LogP contribution < -0.4 is 10.5 Å². The van der Waals surface area contributed by atoms with Crippen molar-refractivity contribution in [1.29, 1.82) is 0 Å². The van der Waals surface area contributed by atoms with Crippen LogP contribution in [0.4, 0.5) is 5.69 Å². The van der Waals surface area contributed by atoms with E-state index in [9.17, 15) is 4.79 Å². The number of aromatic amines is 1. The van der Waals surface area contributed by atoms with Crippen molar-refractivity contribution in [2.45, 2.75) is 13.8 Å². The first-order chi connectivity index (χ1) is 12.2. The molecule has 126 valence electrons. The number of para-hydroxylation sites is 1. The molecule has 0 fully saturated rings. The van der Waals surface area contributed by atoms with Gasteiger partial charge in [-0.3, -0.25) is 0 Å². The van der Waals surface area contributed by atoms with E-state index < -0.39 is 0 Å². The van der Waals surface area contributed by atoms with Gasteiger partial charge < -0.3 is 14.3 Å². The Bertz CT molecular complexity index is 1070. The first-order valence-corrected chi connectivity index (χ1v) is 8.60. The fourth-order valence-corrected chi connectivity index (χ4v) is 3.29. The van der Waals surface area contributed by atoms with Gasteiger partial charge in [-0.25, -0.2) is 4.79 Å². The third-order valence-corrected chi connectivity index (χ3v) is 4.67. The van der Waals surface area contributed by atoms with Crippen molar-refractivity contribution in [3.63, 3.8) is 0 Å². The number of anilines is 1. The Hall–Kier alpha value is -3.01. The Morgan fingerprint density at radius 2 is 1.76 bits per heavy atom. The second kappa shape index (κ2) is 6.13.